The lowest BCUT2D eigenvalue weighted by Crippen LogP contribution is -2.65. The van der Waals surface area contributed by atoms with Gasteiger partial charge in [0.25, 0.3) is 0 Å². The number of carbonyl (C=O) groups is 1. The van der Waals surface area contributed by atoms with Gasteiger partial charge in [0.15, 0.2) is 0 Å². The van der Waals surface area contributed by atoms with Gasteiger partial charge in [-0.3, -0.25) is 14.2 Å². The molecule has 0 aromatic heterocycles. The highest BCUT2D eigenvalue weighted by Crippen LogP contribution is 2.43. The number of aliphatic hydroxyl groups is 2. The fraction of sp³-hybridized carbons (Fsp3) is 0.833. The Kier molecular flexibility index (Phi) is 9.85. The number of alkyl halides is 1. The van der Waals surface area contributed by atoms with Crippen molar-refractivity contribution in [3.63, 3.8) is 0 Å². The molecule has 0 aromatic carbocycles. The number of phosphoric acid groups is 1. The SMILES string of the molecule is CCC=C1CC(C(=O)NC(C(C)Cl)C2OC(SC)C(OP(=O)(O)O)C(O)C2O)N(C)C1. The molecular formula is C18H32ClN2O8PS. The number of rotatable bonds is 8. The van der Waals surface area contributed by atoms with Crippen molar-refractivity contribution in [3.8, 4) is 0 Å². The first-order valence-corrected chi connectivity index (χ1v) is 13.3. The lowest BCUT2D eigenvalue weighted by atomic mass is 9.93. The first-order chi connectivity index (χ1) is 14.4. The molecule has 1 amide bonds. The Labute approximate surface area is 191 Å². The van der Waals surface area contributed by atoms with Crippen LogP contribution in [0.5, 0.6) is 0 Å². The van der Waals surface area contributed by atoms with Gasteiger partial charge in [0.2, 0.25) is 5.91 Å². The number of likely N-dealkylation sites (N-methyl/N-ethyl adjacent to an activating group) is 1. The molecule has 31 heavy (non-hydrogen) atoms. The molecule has 0 bridgehead atoms. The minimum atomic E-state index is -4.94. The first-order valence-electron chi connectivity index (χ1n) is 10.0. The number of hydrogen-bond donors (Lipinski definition) is 5. The number of halogens is 1. The van der Waals surface area contributed by atoms with Gasteiger partial charge in [-0.15, -0.1) is 23.4 Å². The molecule has 2 fully saturated rings. The zero-order valence-electron chi connectivity index (χ0n) is 17.9. The summed E-state index contributed by atoms with van der Waals surface area (Å²) in [5.41, 5.74) is 0.170. The largest absolute Gasteiger partial charge is 0.470 e. The normalized spacial score (nSPS) is 35.8. The molecule has 0 aromatic rings. The van der Waals surface area contributed by atoms with Gasteiger partial charge in [-0.25, -0.2) is 4.57 Å². The predicted octanol–water partition coefficient (Wildman–Crippen LogP) is 0.427. The Morgan fingerprint density at radius 3 is 2.61 bits per heavy atom. The Morgan fingerprint density at radius 1 is 1.45 bits per heavy atom. The van der Waals surface area contributed by atoms with Crippen molar-refractivity contribution in [2.45, 2.75) is 74.0 Å². The van der Waals surface area contributed by atoms with Crippen molar-refractivity contribution in [3.05, 3.63) is 11.6 Å². The van der Waals surface area contributed by atoms with Gasteiger partial charge in [-0.2, -0.15) is 0 Å². The second-order valence-corrected chi connectivity index (χ2v) is 10.7. The molecule has 8 unspecified atom stereocenters. The Balaban J connectivity index is 2.18. The molecule has 5 N–H and O–H groups in total. The van der Waals surface area contributed by atoms with E-state index in [4.69, 9.17) is 26.1 Å². The molecule has 13 heteroatoms. The minimum Gasteiger partial charge on any atom is -0.388 e. The van der Waals surface area contributed by atoms with E-state index in [0.29, 0.717) is 13.0 Å². The van der Waals surface area contributed by atoms with Gasteiger partial charge >= 0.3 is 7.82 Å². The number of phosphoric ester groups is 1. The highest BCUT2D eigenvalue weighted by atomic mass is 35.5. The van der Waals surface area contributed by atoms with Crippen LogP contribution in [0, 0.1) is 0 Å². The quantitative estimate of drug-likeness (QED) is 0.180. The first kappa shape index (κ1) is 27.0. The van der Waals surface area contributed by atoms with E-state index >= 15 is 0 Å². The van der Waals surface area contributed by atoms with Crippen molar-refractivity contribution in [2.75, 3.05) is 19.8 Å². The molecule has 0 saturated carbocycles. The number of thioether (sulfide) groups is 1. The van der Waals surface area contributed by atoms with Gasteiger partial charge in [-0.05, 0) is 33.1 Å². The third-order valence-electron chi connectivity index (χ3n) is 5.47. The smallest absolute Gasteiger partial charge is 0.388 e. The summed E-state index contributed by atoms with van der Waals surface area (Å²) in [6.07, 6.45) is -0.663. The fourth-order valence-electron chi connectivity index (χ4n) is 3.97. The van der Waals surface area contributed by atoms with E-state index in [1.807, 2.05) is 18.9 Å². The van der Waals surface area contributed by atoms with Gasteiger partial charge < -0.3 is 30.1 Å². The van der Waals surface area contributed by atoms with Crippen LogP contribution in [0.15, 0.2) is 11.6 Å². The number of allylic oxidation sites excluding steroid dienone is 1. The van der Waals surface area contributed by atoms with E-state index in [0.717, 1.165) is 18.2 Å². The van der Waals surface area contributed by atoms with Gasteiger partial charge in [-0.1, -0.05) is 18.6 Å². The van der Waals surface area contributed by atoms with Gasteiger partial charge in [0.1, 0.15) is 29.9 Å². The van der Waals surface area contributed by atoms with E-state index in [2.05, 4.69) is 15.9 Å². The lowest BCUT2D eigenvalue weighted by molar-refractivity contribution is -0.201. The molecule has 2 aliphatic rings. The highest BCUT2D eigenvalue weighted by Gasteiger charge is 2.51. The van der Waals surface area contributed by atoms with E-state index in [1.54, 1.807) is 13.2 Å². The van der Waals surface area contributed by atoms with Crippen LogP contribution in [0.4, 0.5) is 0 Å². The summed E-state index contributed by atoms with van der Waals surface area (Å²) in [7, 11) is -3.09. The fourth-order valence-corrected chi connectivity index (χ4v) is 5.53. The minimum absolute atomic E-state index is 0.279. The zero-order valence-corrected chi connectivity index (χ0v) is 20.4. The van der Waals surface area contributed by atoms with E-state index in [9.17, 15) is 19.6 Å². The van der Waals surface area contributed by atoms with Gasteiger partial charge in [0.05, 0.1) is 17.5 Å². The number of likely N-dealkylation sites (tertiary alicyclic amines) is 1. The van der Waals surface area contributed by atoms with Crippen LogP contribution in [0.25, 0.3) is 0 Å². The molecule has 0 aliphatic carbocycles. The molecule has 10 nitrogen and oxygen atoms in total. The Morgan fingerprint density at radius 2 is 2.10 bits per heavy atom. The molecule has 2 saturated heterocycles. The van der Waals surface area contributed by atoms with Crippen LogP contribution >= 0.6 is 31.2 Å². The summed E-state index contributed by atoms with van der Waals surface area (Å²) in [6.45, 7) is 4.34. The average Bonchev–Trinajstić information content (AvgIpc) is 3.03. The van der Waals surface area contributed by atoms with Crippen LogP contribution in [-0.2, 0) is 18.6 Å². The second-order valence-electron chi connectivity index (χ2n) is 7.86. The molecule has 8 atom stereocenters. The number of nitrogens with one attached hydrogen (secondary N) is 1. The van der Waals surface area contributed by atoms with Crippen molar-refractivity contribution >= 4 is 37.1 Å². The third kappa shape index (κ3) is 6.89. The second kappa shape index (κ2) is 11.3. The number of ether oxygens (including phenoxy) is 1. The van der Waals surface area contributed by atoms with Gasteiger partial charge in [0, 0.05) is 6.54 Å². The lowest BCUT2D eigenvalue weighted by Gasteiger charge is -2.45. The number of aliphatic hydroxyl groups excluding tert-OH is 2. The Hall–Kier alpha value is -0.200. The zero-order chi connectivity index (χ0) is 23.5. The summed E-state index contributed by atoms with van der Waals surface area (Å²) in [5, 5.41) is 23.3. The van der Waals surface area contributed by atoms with Crippen molar-refractivity contribution < 1.29 is 38.6 Å². The average molecular weight is 503 g/mol. The number of amides is 1. The topological polar surface area (TPSA) is 149 Å². The number of carbonyl (C=O) groups excluding carboxylic acids is 1. The summed E-state index contributed by atoms with van der Waals surface area (Å²) < 4.78 is 21.7. The maximum absolute atomic E-state index is 13.0. The van der Waals surface area contributed by atoms with Crippen LogP contribution in [-0.4, -0.2) is 98.0 Å². The molecule has 2 heterocycles. The monoisotopic (exact) mass is 502 g/mol. The van der Waals surface area contributed by atoms with E-state index in [-0.39, 0.29) is 5.91 Å². The molecule has 0 spiro atoms. The van der Waals surface area contributed by atoms with Crippen LogP contribution in [0.2, 0.25) is 0 Å². The van der Waals surface area contributed by atoms with Crippen molar-refractivity contribution in [1.29, 1.82) is 0 Å². The number of hydrogen-bond acceptors (Lipinski definition) is 8. The van der Waals surface area contributed by atoms with Crippen LogP contribution in [0.1, 0.15) is 26.7 Å². The molecule has 2 aliphatic heterocycles. The molecule has 180 valence electrons. The number of nitrogens with zero attached hydrogens (tertiary/aromatic N) is 1. The molecule has 2 rings (SSSR count). The summed E-state index contributed by atoms with van der Waals surface area (Å²) in [5.74, 6) is -0.279. The molecule has 0 radical (unpaired) electrons. The van der Waals surface area contributed by atoms with E-state index in [1.165, 1.54) is 5.57 Å². The standard InChI is InChI=1S/C18H32ClN2O8PS/c1-5-6-10-7-11(21(3)8-10)17(24)20-12(9(2)19)15-13(22)14(23)16(18(28-15)31-4)29-30(25,26)27/h6,9,11-16,18,22-23H,5,7-8H2,1-4H3,(H,20,24)(H2,25,26,27). The maximum Gasteiger partial charge on any atom is 0.470 e. The Bertz CT molecular complexity index is 706. The summed E-state index contributed by atoms with van der Waals surface area (Å²) in [6, 6.07) is -1.26. The molecular weight excluding hydrogens is 471 g/mol. The highest BCUT2D eigenvalue weighted by molar-refractivity contribution is 7.99. The maximum atomic E-state index is 13.0. The van der Waals surface area contributed by atoms with Crippen molar-refractivity contribution in [1.82, 2.24) is 10.2 Å². The predicted molar refractivity (Wildman–Crippen MR) is 118 cm³/mol. The summed E-state index contributed by atoms with van der Waals surface area (Å²) in [4.78, 5) is 33.1. The van der Waals surface area contributed by atoms with Crippen molar-refractivity contribution in [2.24, 2.45) is 0 Å². The third-order valence-corrected chi connectivity index (χ3v) is 7.10. The van der Waals surface area contributed by atoms with Crippen LogP contribution < -0.4 is 5.32 Å². The summed E-state index contributed by atoms with van der Waals surface area (Å²) >= 11 is 7.36. The van der Waals surface area contributed by atoms with E-state index < -0.39 is 55.1 Å². The van der Waals surface area contributed by atoms with Crippen LogP contribution in [0.3, 0.4) is 0 Å².